The molecule has 0 aromatic carbocycles. The average Bonchev–Trinajstić information content (AvgIpc) is 2.66. The van der Waals surface area contributed by atoms with Crippen LogP contribution in [0.1, 0.15) is 46.0 Å². The predicted molar refractivity (Wildman–Crippen MR) is 77.7 cm³/mol. The van der Waals surface area contributed by atoms with Crippen molar-refractivity contribution in [3.8, 4) is 0 Å². The number of carboxylic acid groups (broad SMARTS) is 1. The van der Waals surface area contributed by atoms with Gasteiger partial charge < -0.3 is 19.7 Å². The molecule has 122 valence electrons. The van der Waals surface area contributed by atoms with Crippen LogP contribution < -0.4 is 0 Å². The topological polar surface area (TPSA) is 76.0 Å². The average molecular weight is 300 g/mol. The van der Waals surface area contributed by atoms with E-state index in [9.17, 15) is 9.90 Å². The molecule has 1 aliphatic heterocycles. The van der Waals surface area contributed by atoms with Gasteiger partial charge in [-0.25, -0.2) is 4.79 Å². The molecule has 5 unspecified atom stereocenters. The Morgan fingerprint density at radius 3 is 2.81 bits per heavy atom. The van der Waals surface area contributed by atoms with Gasteiger partial charge in [-0.15, -0.1) is 0 Å². The quantitative estimate of drug-likeness (QED) is 0.762. The minimum atomic E-state index is -1.05. The predicted octanol–water partition coefficient (Wildman–Crippen LogP) is 2.27. The highest BCUT2D eigenvalue weighted by atomic mass is 16.6. The standard InChI is InChI=1S/C16H28O5/c1-10-6-7-12-4-3-5-13(14(12)8-20-10)11(2)16(19)21-9-15(17)18/h10-14,16,19H,3-9H2,1-2H3,(H,17,18)/t10?,11-,12?,13?,14?,16?/m1/s1. The van der Waals surface area contributed by atoms with E-state index in [-0.39, 0.29) is 5.92 Å². The summed E-state index contributed by atoms with van der Waals surface area (Å²) in [5.41, 5.74) is 0. The summed E-state index contributed by atoms with van der Waals surface area (Å²) in [6, 6.07) is 0. The van der Waals surface area contributed by atoms with Crippen molar-refractivity contribution in [1.29, 1.82) is 0 Å². The minimum Gasteiger partial charge on any atom is -0.480 e. The zero-order valence-electron chi connectivity index (χ0n) is 13.0. The van der Waals surface area contributed by atoms with Gasteiger partial charge in [-0.3, -0.25) is 0 Å². The lowest BCUT2D eigenvalue weighted by molar-refractivity contribution is -0.174. The zero-order chi connectivity index (χ0) is 15.4. The van der Waals surface area contributed by atoms with Crippen LogP contribution in [0.2, 0.25) is 0 Å². The van der Waals surface area contributed by atoms with Crippen LogP contribution in [0.5, 0.6) is 0 Å². The molecule has 1 saturated carbocycles. The molecule has 1 aliphatic carbocycles. The Bertz CT molecular complexity index is 346. The first-order valence-electron chi connectivity index (χ1n) is 8.12. The third kappa shape index (κ3) is 4.41. The second kappa shape index (κ2) is 7.56. The molecule has 6 atom stereocenters. The van der Waals surface area contributed by atoms with Gasteiger partial charge in [-0.1, -0.05) is 19.8 Å². The Balaban J connectivity index is 1.97. The summed E-state index contributed by atoms with van der Waals surface area (Å²) in [4.78, 5) is 10.6. The molecule has 0 spiro atoms. The molecule has 1 saturated heterocycles. The Labute approximate surface area is 126 Å². The third-order valence-corrected chi connectivity index (χ3v) is 5.29. The van der Waals surface area contributed by atoms with Crippen molar-refractivity contribution in [2.45, 2.75) is 58.3 Å². The van der Waals surface area contributed by atoms with E-state index in [1.807, 2.05) is 6.92 Å². The smallest absolute Gasteiger partial charge is 0.329 e. The van der Waals surface area contributed by atoms with Crippen molar-refractivity contribution in [3.63, 3.8) is 0 Å². The highest BCUT2D eigenvalue weighted by molar-refractivity contribution is 5.68. The fraction of sp³-hybridized carbons (Fsp3) is 0.938. The van der Waals surface area contributed by atoms with Crippen molar-refractivity contribution in [2.75, 3.05) is 13.2 Å². The number of aliphatic hydroxyl groups excluding tert-OH is 1. The van der Waals surface area contributed by atoms with Gasteiger partial charge >= 0.3 is 5.97 Å². The van der Waals surface area contributed by atoms with E-state index in [4.69, 9.17) is 14.6 Å². The largest absolute Gasteiger partial charge is 0.480 e. The molecule has 2 fully saturated rings. The van der Waals surface area contributed by atoms with E-state index in [0.717, 1.165) is 19.4 Å². The lowest BCUT2D eigenvalue weighted by Crippen LogP contribution is -2.39. The first-order valence-corrected chi connectivity index (χ1v) is 8.12. The molecular formula is C16H28O5. The van der Waals surface area contributed by atoms with E-state index in [1.165, 1.54) is 19.3 Å². The normalized spacial score (nSPS) is 36.3. The maximum Gasteiger partial charge on any atom is 0.329 e. The lowest BCUT2D eigenvalue weighted by atomic mass is 9.66. The monoisotopic (exact) mass is 300 g/mol. The van der Waals surface area contributed by atoms with Gasteiger partial charge in [0.15, 0.2) is 6.29 Å². The van der Waals surface area contributed by atoms with Gasteiger partial charge in [0.25, 0.3) is 0 Å². The van der Waals surface area contributed by atoms with Gasteiger partial charge in [-0.2, -0.15) is 0 Å². The molecule has 2 aliphatic rings. The van der Waals surface area contributed by atoms with Crippen molar-refractivity contribution < 1.29 is 24.5 Å². The Kier molecular flexibility index (Phi) is 6.02. The molecule has 21 heavy (non-hydrogen) atoms. The number of hydrogen-bond acceptors (Lipinski definition) is 4. The molecule has 2 rings (SSSR count). The summed E-state index contributed by atoms with van der Waals surface area (Å²) in [7, 11) is 0. The summed E-state index contributed by atoms with van der Waals surface area (Å²) in [5, 5.41) is 18.8. The SMILES string of the molecule is CC1CCC2CCCC([C@@H](C)C(O)OCC(=O)O)C2CO1. The number of aliphatic hydroxyl groups is 1. The maximum absolute atomic E-state index is 10.6. The first-order chi connectivity index (χ1) is 9.99. The van der Waals surface area contributed by atoms with E-state index >= 15 is 0 Å². The number of hydrogen-bond donors (Lipinski definition) is 2. The fourth-order valence-corrected chi connectivity index (χ4v) is 3.99. The molecule has 0 aromatic rings. The Hall–Kier alpha value is -0.650. The molecule has 0 aromatic heterocycles. The van der Waals surface area contributed by atoms with Gasteiger partial charge in [-0.05, 0) is 43.9 Å². The molecular weight excluding hydrogens is 272 g/mol. The summed E-state index contributed by atoms with van der Waals surface area (Å²) in [5.74, 6) is 0.367. The van der Waals surface area contributed by atoms with Crippen molar-refractivity contribution in [3.05, 3.63) is 0 Å². The highest BCUT2D eigenvalue weighted by Gasteiger charge is 2.40. The second-order valence-corrected chi connectivity index (χ2v) is 6.69. The van der Waals surface area contributed by atoms with Crippen LogP contribution in [0.25, 0.3) is 0 Å². The number of aliphatic carboxylic acids is 1. The second-order valence-electron chi connectivity index (χ2n) is 6.69. The molecule has 2 N–H and O–H groups in total. The van der Waals surface area contributed by atoms with Crippen LogP contribution in [0.3, 0.4) is 0 Å². The lowest BCUT2D eigenvalue weighted by Gasteiger charge is -2.41. The highest BCUT2D eigenvalue weighted by Crippen LogP contribution is 2.44. The first kappa shape index (κ1) is 16.7. The molecule has 1 heterocycles. The minimum absolute atomic E-state index is 0.0610. The van der Waals surface area contributed by atoms with Crippen molar-refractivity contribution >= 4 is 5.97 Å². The maximum atomic E-state index is 10.6. The van der Waals surface area contributed by atoms with Crippen molar-refractivity contribution in [2.24, 2.45) is 23.7 Å². The van der Waals surface area contributed by atoms with Crippen LogP contribution in [0, 0.1) is 23.7 Å². The molecule has 0 radical (unpaired) electrons. The molecule has 0 amide bonds. The van der Waals surface area contributed by atoms with Crippen LogP contribution >= 0.6 is 0 Å². The van der Waals surface area contributed by atoms with E-state index in [0.29, 0.717) is 23.9 Å². The summed E-state index contributed by atoms with van der Waals surface area (Å²) in [6.07, 6.45) is 5.10. The zero-order valence-corrected chi connectivity index (χ0v) is 13.0. The Morgan fingerprint density at radius 2 is 2.10 bits per heavy atom. The van der Waals surface area contributed by atoms with Crippen molar-refractivity contribution in [1.82, 2.24) is 0 Å². The summed E-state index contributed by atoms with van der Waals surface area (Å²) < 4.78 is 11.0. The summed E-state index contributed by atoms with van der Waals surface area (Å²) >= 11 is 0. The van der Waals surface area contributed by atoms with Crippen LogP contribution in [-0.4, -0.2) is 41.8 Å². The third-order valence-electron chi connectivity index (χ3n) is 5.29. The van der Waals surface area contributed by atoms with Crippen LogP contribution in [-0.2, 0) is 14.3 Å². The number of ether oxygens (including phenoxy) is 2. The Morgan fingerprint density at radius 1 is 1.33 bits per heavy atom. The van der Waals surface area contributed by atoms with Gasteiger partial charge in [0.2, 0.25) is 0 Å². The molecule has 0 bridgehead atoms. The van der Waals surface area contributed by atoms with E-state index in [2.05, 4.69) is 6.92 Å². The molecule has 5 nitrogen and oxygen atoms in total. The summed E-state index contributed by atoms with van der Waals surface area (Å²) in [6.45, 7) is 4.40. The van der Waals surface area contributed by atoms with E-state index in [1.54, 1.807) is 0 Å². The van der Waals surface area contributed by atoms with Crippen LogP contribution in [0.15, 0.2) is 0 Å². The van der Waals surface area contributed by atoms with Gasteiger partial charge in [0.05, 0.1) is 12.7 Å². The number of carbonyl (C=O) groups is 1. The number of carboxylic acids is 1. The fourth-order valence-electron chi connectivity index (χ4n) is 3.99. The van der Waals surface area contributed by atoms with Gasteiger partial charge in [0, 0.05) is 5.92 Å². The van der Waals surface area contributed by atoms with Gasteiger partial charge in [0.1, 0.15) is 6.61 Å². The number of rotatable bonds is 5. The van der Waals surface area contributed by atoms with E-state index < -0.39 is 18.9 Å². The van der Waals surface area contributed by atoms with Crippen LogP contribution in [0.4, 0.5) is 0 Å². The molecule has 5 heteroatoms. The number of fused-ring (bicyclic) bond motifs is 1.